The highest BCUT2D eigenvalue weighted by atomic mass is 16.6. The van der Waals surface area contributed by atoms with E-state index in [0.717, 1.165) is 5.56 Å². The van der Waals surface area contributed by atoms with Crippen LogP contribution < -0.4 is 0 Å². The molecule has 0 saturated carbocycles. The van der Waals surface area contributed by atoms with E-state index in [2.05, 4.69) is 26.0 Å². The Hall–Kier alpha value is -1.55. The second kappa shape index (κ2) is 5.02. The lowest BCUT2D eigenvalue weighted by molar-refractivity contribution is -0.144. The quantitative estimate of drug-likeness (QED) is 0.926. The first kappa shape index (κ1) is 15.8. The lowest BCUT2D eigenvalue weighted by Gasteiger charge is -2.41. The number of nitrogens with zero attached hydrogens (tertiary/aromatic N) is 1. The van der Waals surface area contributed by atoms with Crippen LogP contribution in [0.15, 0.2) is 30.3 Å². The second-order valence-electron chi connectivity index (χ2n) is 6.79. The van der Waals surface area contributed by atoms with Crippen LogP contribution in [0.1, 0.15) is 46.6 Å². The van der Waals surface area contributed by atoms with Gasteiger partial charge in [-0.3, -0.25) is 4.90 Å². The summed E-state index contributed by atoms with van der Waals surface area (Å²) >= 11 is 0. The van der Waals surface area contributed by atoms with E-state index in [9.17, 15) is 9.90 Å². The molecule has 0 aliphatic carbocycles. The summed E-state index contributed by atoms with van der Waals surface area (Å²) < 4.78 is 5.56. The second-order valence-corrected chi connectivity index (χ2v) is 6.79. The first-order valence-corrected chi connectivity index (χ1v) is 7.42. The third kappa shape index (κ3) is 2.53. The zero-order valence-electron chi connectivity index (χ0n) is 13.5. The topological polar surface area (TPSA) is 49.8 Å². The molecule has 2 rings (SSSR count). The minimum atomic E-state index is -1.31. The van der Waals surface area contributed by atoms with Crippen LogP contribution in [0.25, 0.3) is 0 Å². The highest BCUT2D eigenvalue weighted by Gasteiger charge is 2.60. The van der Waals surface area contributed by atoms with Crippen molar-refractivity contribution in [2.45, 2.75) is 57.8 Å². The average molecular weight is 291 g/mol. The molecule has 0 radical (unpaired) electrons. The average Bonchev–Trinajstić information content (AvgIpc) is 2.55. The van der Waals surface area contributed by atoms with Crippen LogP contribution in [0.4, 0.5) is 4.79 Å². The lowest BCUT2D eigenvalue weighted by Crippen LogP contribution is -2.56. The molecule has 4 heteroatoms. The van der Waals surface area contributed by atoms with Crippen LogP contribution in [0.3, 0.4) is 0 Å². The Kier molecular flexibility index (Phi) is 3.79. The van der Waals surface area contributed by atoms with Gasteiger partial charge in [0.05, 0.1) is 0 Å². The number of cyclic esters (lactones) is 1. The van der Waals surface area contributed by atoms with E-state index >= 15 is 0 Å². The fraction of sp³-hybridized carbons (Fsp3) is 0.588. The van der Waals surface area contributed by atoms with Crippen molar-refractivity contribution in [1.82, 2.24) is 4.90 Å². The van der Waals surface area contributed by atoms with Gasteiger partial charge in [-0.15, -0.1) is 0 Å². The standard InChI is InChI=1S/C17H25NO3/c1-6-18-14(19)21-16(4,17(18,5)20)12-15(2,3)13-10-8-7-9-11-13/h7-11,20H,6,12H2,1-5H3/t16-,17+/m0/s1. The molecule has 1 fully saturated rings. The van der Waals surface area contributed by atoms with Gasteiger partial charge in [-0.2, -0.15) is 0 Å². The number of likely N-dealkylation sites (N-methyl/N-ethyl adjacent to an activating group) is 1. The van der Waals surface area contributed by atoms with E-state index < -0.39 is 17.4 Å². The maximum Gasteiger partial charge on any atom is 0.412 e. The van der Waals surface area contributed by atoms with Gasteiger partial charge in [0.1, 0.15) is 0 Å². The minimum Gasteiger partial charge on any atom is -0.438 e. The number of aliphatic hydroxyl groups is 1. The predicted molar refractivity (Wildman–Crippen MR) is 82.0 cm³/mol. The number of amides is 1. The van der Waals surface area contributed by atoms with Crippen LogP contribution in [-0.2, 0) is 10.2 Å². The van der Waals surface area contributed by atoms with Crippen LogP contribution in [0.2, 0.25) is 0 Å². The van der Waals surface area contributed by atoms with E-state index in [4.69, 9.17) is 4.74 Å². The maximum atomic E-state index is 12.0. The van der Waals surface area contributed by atoms with Crippen LogP contribution >= 0.6 is 0 Å². The van der Waals surface area contributed by atoms with Gasteiger partial charge in [-0.25, -0.2) is 4.79 Å². The van der Waals surface area contributed by atoms with Crippen molar-refractivity contribution in [3.05, 3.63) is 35.9 Å². The molecule has 1 amide bonds. The maximum absolute atomic E-state index is 12.0. The van der Waals surface area contributed by atoms with E-state index in [-0.39, 0.29) is 5.41 Å². The molecule has 1 saturated heterocycles. The van der Waals surface area contributed by atoms with Gasteiger partial charge in [-0.05, 0) is 31.7 Å². The van der Waals surface area contributed by atoms with Gasteiger partial charge in [0.15, 0.2) is 11.3 Å². The summed E-state index contributed by atoms with van der Waals surface area (Å²) in [5.74, 6) is 0. The number of ether oxygens (including phenoxy) is 1. The summed E-state index contributed by atoms with van der Waals surface area (Å²) in [6.07, 6.45) is 0.0908. The molecule has 0 unspecified atom stereocenters. The van der Waals surface area contributed by atoms with Gasteiger partial charge in [0.2, 0.25) is 0 Å². The van der Waals surface area contributed by atoms with Gasteiger partial charge >= 0.3 is 6.09 Å². The molecule has 1 aliphatic heterocycles. The van der Waals surface area contributed by atoms with Crippen molar-refractivity contribution in [1.29, 1.82) is 0 Å². The van der Waals surface area contributed by atoms with Crippen molar-refractivity contribution < 1.29 is 14.6 Å². The summed E-state index contributed by atoms with van der Waals surface area (Å²) in [5.41, 5.74) is -1.32. The van der Waals surface area contributed by atoms with Crippen molar-refractivity contribution in [2.24, 2.45) is 0 Å². The van der Waals surface area contributed by atoms with Gasteiger partial charge in [0, 0.05) is 13.0 Å². The number of rotatable bonds is 4. The Morgan fingerprint density at radius 2 is 1.81 bits per heavy atom. The summed E-state index contributed by atoms with van der Waals surface area (Å²) in [4.78, 5) is 13.4. The lowest BCUT2D eigenvalue weighted by atomic mass is 9.72. The molecule has 1 heterocycles. The predicted octanol–water partition coefficient (Wildman–Crippen LogP) is 3.29. The molecule has 0 aromatic heterocycles. The molecule has 116 valence electrons. The SMILES string of the molecule is CCN1C(=O)O[C@@](C)(CC(C)(C)c2ccccc2)[C@@]1(C)O. The Bertz CT molecular complexity index is 524. The molecule has 1 aromatic carbocycles. The highest BCUT2D eigenvalue weighted by Crippen LogP contribution is 2.45. The fourth-order valence-corrected chi connectivity index (χ4v) is 3.28. The molecule has 0 spiro atoms. The molecule has 4 nitrogen and oxygen atoms in total. The summed E-state index contributed by atoms with van der Waals surface area (Å²) in [6, 6.07) is 10.1. The number of carbonyl (C=O) groups excluding carboxylic acids is 1. The minimum absolute atomic E-state index is 0.218. The summed E-state index contributed by atoms with van der Waals surface area (Å²) in [6.45, 7) is 9.93. The van der Waals surface area contributed by atoms with Gasteiger partial charge in [0.25, 0.3) is 0 Å². The largest absolute Gasteiger partial charge is 0.438 e. The van der Waals surface area contributed by atoms with Crippen molar-refractivity contribution in [3.63, 3.8) is 0 Å². The molecule has 2 atom stereocenters. The highest BCUT2D eigenvalue weighted by molar-refractivity contribution is 5.72. The number of carbonyl (C=O) groups is 1. The normalized spacial score (nSPS) is 29.6. The molecule has 1 aromatic rings. The Morgan fingerprint density at radius 3 is 2.29 bits per heavy atom. The molecular formula is C17H25NO3. The summed E-state index contributed by atoms with van der Waals surface area (Å²) in [7, 11) is 0. The molecule has 0 bridgehead atoms. The Morgan fingerprint density at radius 1 is 1.24 bits per heavy atom. The van der Waals surface area contributed by atoms with E-state index in [1.807, 2.05) is 32.0 Å². The van der Waals surface area contributed by atoms with E-state index in [1.165, 1.54) is 4.90 Å². The zero-order chi connectivity index (χ0) is 15.9. The number of hydrogen-bond acceptors (Lipinski definition) is 3. The smallest absolute Gasteiger partial charge is 0.412 e. The number of hydrogen-bond donors (Lipinski definition) is 1. The Labute approximate surface area is 126 Å². The van der Waals surface area contributed by atoms with Crippen LogP contribution in [0.5, 0.6) is 0 Å². The zero-order valence-corrected chi connectivity index (χ0v) is 13.5. The monoisotopic (exact) mass is 291 g/mol. The van der Waals surface area contributed by atoms with E-state index in [1.54, 1.807) is 6.92 Å². The molecule has 1 aliphatic rings. The van der Waals surface area contributed by atoms with Crippen LogP contribution in [0, 0.1) is 0 Å². The third-order valence-corrected chi connectivity index (χ3v) is 4.71. The molecular weight excluding hydrogens is 266 g/mol. The fourth-order valence-electron chi connectivity index (χ4n) is 3.28. The molecule has 1 N–H and O–H groups in total. The van der Waals surface area contributed by atoms with Gasteiger partial charge < -0.3 is 9.84 Å². The van der Waals surface area contributed by atoms with E-state index in [0.29, 0.717) is 13.0 Å². The Balaban J connectivity index is 2.32. The van der Waals surface area contributed by atoms with Crippen LogP contribution in [-0.4, -0.2) is 34.0 Å². The third-order valence-electron chi connectivity index (χ3n) is 4.71. The first-order valence-electron chi connectivity index (χ1n) is 7.42. The summed E-state index contributed by atoms with van der Waals surface area (Å²) in [5, 5.41) is 10.8. The van der Waals surface area contributed by atoms with Crippen molar-refractivity contribution in [3.8, 4) is 0 Å². The molecule has 21 heavy (non-hydrogen) atoms. The number of benzene rings is 1. The van der Waals surface area contributed by atoms with Gasteiger partial charge in [-0.1, -0.05) is 44.2 Å². The van der Waals surface area contributed by atoms with Crippen molar-refractivity contribution >= 4 is 6.09 Å². The van der Waals surface area contributed by atoms with Crippen molar-refractivity contribution in [2.75, 3.05) is 6.54 Å². The first-order chi connectivity index (χ1) is 9.64.